The van der Waals surface area contributed by atoms with E-state index in [-0.39, 0.29) is 30.1 Å². The van der Waals surface area contributed by atoms with Crippen molar-refractivity contribution >= 4 is 28.6 Å². The molecule has 0 aliphatic heterocycles. The number of pyridine rings is 1. The molecule has 4 aromatic rings. The Morgan fingerprint density at radius 2 is 1.68 bits per heavy atom. The Morgan fingerprint density at radius 1 is 1.00 bits per heavy atom. The Labute approximate surface area is 183 Å². The average Bonchev–Trinajstić information content (AvgIpc) is 2.74. The minimum Gasteiger partial charge on any atom is -0.466 e. The van der Waals surface area contributed by atoms with Crippen molar-refractivity contribution in [2.24, 2.45) is 0 Å². The normalized spacial score (nSPS) is 10.9. The number of carbonyl (C=O) groups excluding carboxylic acids is 1. The summed E-state index contributed by atoms with van der Waals surface area (Å²) in [4.78, 5) is 36.9. The lowest BCUT2D eigenvalue weighted by atomic mass is 9.91. The molecule has 0 bridgehead atoms. The van der Waals surface area contributed by atoms with Gasteiger partial charge in [-0.3, -0.25) is 9.59 Å². The van der Waals surface area contributed by atoms with E-state index in [2.05, 4.69) is 15.0 Å². The highest BCUT2D eigenvalue weighted by Gasteiger charge is 2.20. The SMILES string of the molecule is CCOC(=O)Cc1nc2nc(C)c(-c3ccccc3)c(-c3ccc(Cl)cc3)c2c(=O)[nH]1. The lowest BCUT2D eigenvalue weighted by Gasteiger charge is -2.16. The number of nitrogens with one attached hydrogen (secondary N) is 1. The van der Waals surface area contributed by atoms with E-state index < -0.39 is 5.97 Å². The Kier molecular flexibility index (Phi) is 5.82. The maximum atomic E-state index is 13.2. The highest BCUT2D eigenvalue weighted by Crippen LogP contribution is 2.38. The molecular weight excluding hydrogens is 414 g/mol. The number of H-pyrrole nitrogens is 1. The number of aryl methyl sites for hydroxylation is 1. The van der Waals surface area contributed by atoms with Crippen LogP contribution in [0, 0.1) is 6.92 Å². The first-order valence-electron chi connectivity index (χ1n) is 9.88. The van der Waals surface area contributed by atoms with Crippen LogP contribution in [0.1, 0.15) is 18.4 Å². The molecule has 0 unspecified atom stereocenters. The zero-order valence-electron chi connectivity index (χ0n) is 17.1. The third-order valence-electron chi connectivity index (χ3n) is 4.90. The van der Waals surface area contributed by atoms with Gasteiger partial charge in [0.15, 0.2) is 5.65 Å². The highest BCUT2D eigenvalue weighted by molar-refractivity contribution is 6.30. The summed E-state index contributed by atoms with van der Waals surface area (Å²) in [7, 11) is 0. The van der Waals surface area contributed by atoms with Crippen LogP contribution in [0.25, 0.3) is 33.3 Å². The zero-order valence-corrected chi connectivity index (χ0v) is 17.9. The van der Waals surface area contributed by atoms with Crippen molar-refractivity contribution in [3.8, 4) is 22.3 Å². The number of carbonyl (C=O) groups is 1. The van der Waals surface area contributed by atoms with Crippen molar-refractivity contribution in [1.82, 2.24) is 15.0 Å². The first kappa shape index (κ1) is 20.8. The van der Waals surface area contributed by atoms with Crippen LogP contribution in [0.5, 0.6) is 0 Å². The van der Waals surface area contributed by atoms with E-state index in [0.29, 0.717) is 10.4 Å². The molecule has 0 aliphatic carbocycles. The predicted octanol–water partition coefficient (Wildman–Crippen LogP) is 4.72. The Hall–Kier alpha value is -3.51. The van der Waals surface area contributed by atoms with Crippen molar-refractivity contribution in [2.75, 3.05) is 6.61 Å². The van der Waals surface area contributed by atoms with Crippen molar-refractivity contribution in [1.29, 1.82) is 0 Å². The van der Waals surface area contributed by atoms with E-state index in [9.17, 15) is 9.59 Å². The quantitative estimate of drug-likeness (QED) is 0.460. The van der Waals surface area contributed by atoms with E-state index in [1.165, 1.54) is 0 Å². The lowest BCUT2D eigenvalue weighted by molar-refractivity contribution is -0.142. The van der Waals surface area contributed by atoms with Crippen molar-refractivity contribution in [3.63, 3.8) is 0 Å². The van der Waals surface area contributed by atoms with Gasteiger partial charge in [0.25, 0.3) is 5.56 Å². The van der Waals surface area contributed by atoms with Gasteiger partial charge in [-0.2, -0.15) is 0 Å². The molecule has 1 N–H and O–H groups in total. The minimum atomic E-state index is -0.458. The second kappa shape index (κ2) is 8.70. The summed E-state index contributed by atoms with van der Waals surface area (Å²) >= 11 is 6.10. The fraction of sp³-hybridized carbons (Fsp3) is 0.167. The van der Waals surface area contributed by atoms with E-state index in [1.54, 1.807) is 19.1 Å². The summed E-state index contributed by atoms with van der Waals surface area (Å²) in [6.45, 7) is 3.87. The summed E-state index contributed by atoms with van der Waals surface area (Å²) in [5.41, 5.74) is 3.98. The molecule has 0 amide bonds. The molecule has 2 heterocycles. The molecule has 0 aliphatic rings. The van der Waals surface area contributed by atoms with E-state index in [0.717, 1.165) is 27.9 Å². The third-order valence-corrected chi connectivity index (χ3v) is 5.15. The van der Waals surface area contributed by atoms with Gasteiger partial charge in [0.2, 0.25) is 0 Å². The van der Waals surface area contributed by atoms with Crippen LogP contribution in [0.15, 0.2) is 59.4 Å². The van der Waals surface area contributed by atoms with Gasteiger partial charge in [0.05, 0.1) is 12.0 Å². The number of hydrogen-bond acceptors (Lipinski definition) is 5. The molecule has 0 radical (unpaired) electrons. The Balaban J connectivity index is 2.02. The number of hydrogen-bond donors (Lipinski definition) is 1. The number of benzene rings is 2. The molecular formula is C24H20ClN3O3. The standard InChI is InChI=1S/C24H20ClN3O3/c1-3-31-19(29)13-18-27-23-22(24(30)28-18)21(16-9-11-17(25)12-10-16)20(14(2)26-23)15-7-5-4-6-8-15/h4-12H,3,13H2,1-2H3,(H,26,27,28,30). The summed E-state index contributed by atoms with van der Waals surface area (Å²) < 4.78 is 4.97. The Morgan fingerprint density at radius 3 is 2.35 bits per heavy atom. The van der Waals surface area contributed by atoms with Crippen molar-refractivity contribution in [3.05, 3.63) is 81.5 Å². The summed E-state index contributed by atoms with van der Waals surface area (Å²) in [5.74, 6) is -0.238. The maximum Gasteiger partial charge on any atom is 0.313 e. The number of rotatable bonds is 5. The molecule has 2 aromatic carbocycles. The summed E-state index contributed by atoms with van der Waals surface area (Å²) in [5, 5.41) is 0.961. The van der Waals surface area contributed by atoms with Gasteiger partial charge < -0.3 is 9.72 Å². The molecule has 6 nitrogen and oxygen atoms in total. The van der Waals surface area contributed by atoms with Gasteiger partial charge in [0.1, 0.15) is 12.2 Å². The second-order valence-corrected chi connectivity index (χ2v) is 7.45. The molecule has 156 valence electrons. The number of aromatic nitrogens is 3. The molecule has 4 rings (SSSR count). The molecule has 0 spiro atoms. The topological polar surface area (TPSA) is 84.9 Å². The molecule has 7 heteroatoms. The average molecular weight is 434 g/mol. The molecule has 0 atom stereocenters. The monoisotopic (exact) mass is 433 g/mol. The van der Waals surface area contributed by atoms with Crippen LogP contribution in [0.4, 0.5) is 0 Å². The third kappa shape index (κ3) is 4.20. The molecule has 0 saturated carbocycles. The van der Waals surface area contributed by atoms with Crippen LogP contribution in [-0.2, 0) is 16.0 Å². The van der Waals surface area contributed by atoms with Gasteiger partial charge in [-0.1, -0.05) is 54.1 Å². The van der Waals surface area contributed by atoms with Crippen molar-refractivity contribution < 1.29 is 9.53 Å². The zero-order chi connectivity index (χ0) is 22.0. The first-order chi connectivity index (χ1) is 15.0. The van der Waals surface area contributed by atoms with Crippen LogP contribution in [0.3, 0.4) is 0 Å². The molecule has 2 aromatic heterocycles. The summed E-state index contributed by atoms with van der Waals surface area (Å²) in [6.07, 6.45) is -0.129. The summed E-state index contributed by atoms with van der Waals surface area (Å²) in [6, 6.07) is 17.1. The number of halogens is 1. The fourth-order valence-electron chi connectivity index (χ4n) is 3.63. The van der Waals surface area contributed by atoms with Gasteiger partial charge in [-0.15, -0.1) is 0 Å². The van der Waals surface area contributed by atoms with Crippen LogP contribution in [0.2, 0.25) is 5.02 Å². The minimum absolute atomic E-state index is 0.129. The lowest BCUT2D eigenvalue weighted by Crippen LogP contribution is -2.18. The number of fused-ring (bicyclic) bond motifs is 1. The second-order valence-electron chi connectivity index (χ2n) is 7.01. The van der Waals surface area contributed by atoms with Crippen LogP contribution < -0.4 is 5.56 Å². The first-order valence-corrected chi connectivity index (χ1v) is 10.3. The van der Waals surface area contributed by atoms with Gasteiger partial charge in [-0.05, 0) is 37.1 Å². The number of esters is 1. The van der Waals surface area contributed by atoms with E-state index in [4.69, 9.17) is 16.3 Å². The van der Waals surface area contributed by atoms with Gasteiger partial charge in [-0.25, -0.2) is 9.97 Å². The number of nitrogens with zero attached hydrogens (tertiary/aromatic N) is 2. The number of ether oxygens (including phenoxy) is 1. The van der Waals surface area contributed by atoms with Gasteiger partial charge >= 0.3 is 5.97 Å². The highest BCUT2D eigenvalue weighted by atomic mass is 35.5. The smallest absolute Gasteiger partial charge is 0.313 e. The number of aromatic amines is 1. The van der Waals surface area contributed by atoms with Crippen molar-refractivity contribution in [2.45, 2.75) is 20.3 Å². The van der Waals surface area contributed by atoms with E-state index in [1.807, 2.05) is 49.4 Å². The Bertz CT molecular complexity index is 1320. The largest absolute Gasteiger partial charge is 0.466 e. The fourth-order valence-corrected chi connectivity index (χ4v) is 3.76. The maximum absolute atomic E-state index is 13.2. The molecule has 0 saturated heterocycles. The van der Waals surface area contributed by atoms with Gasteiger partial charge in [0, 0.05) is 21.8 Å². The molecule has 31 heavy (non-hydrogen) atoms. The van der Waals surface area contributed by atoms with Crippen LogP contribution in [-0.4, -0.2) is 27.5 Å². The molecule has 0 fully saturated rings. The van der Waals surface area contributed by atoms with E-state index >= 15 is 0 Å². The predicted molar refractivity (Wildman–Crippen MR) is 121 cm³/mol. The van der Waals surface area contributed by atoms with Crippen LogP contribution >= 0.6 is 11.6 Å².